The van der Waals surface area contributed by atoms with E-state index in [4.69, 9.17) is 4.42 Å². The Morgan fingerprint density at radius 2 is 1.68 bits per heavy atom. The third-order valence-corrected chi connectivity index (χ3v) is 4.89. The number of quaternary nitrogens is 1. The van der Waals surface area contributed by atoms with Crippen LogP contribution < -0.4 is 10.3 Å². The Balaban J connectivity index is 2.38. The highest BCUT2D eigenvalue weighted by Crippen LogP contribution is 2.38. The third kappa shape index (κ3) is 3.62. The molecule has 28 heavy (non-hydrogen) atoms. The van der Waals surface area contributed by atoms with Crippen LogP contribution in [0.4, 0.5) is 13.2 Å². The van der Waals surface area contributed by atoms with Gasteiger partial charge in [0.15, 0.2) is 5.58 Å². The molecule has 0 spiro atoms. The zero-order chi connectivity index (χ0) is 20.5. The smallest absolute Gasteiger partial charge is 0.450 e. The van der Waals surface area contributed by atoms with Crippen LogP contribution >= 0.6 is 0 Å². The van der Waals surface area contributed by atoms with E-state index in [2.05, 4.69) is 0 Å². The van der Waals surface area contributed by atoms with Crippen LogP contribution in [0.25, 0.3) is 22.1 Å². The largest absolute Gasteiger partial charge is 0.507 e. The molecule has 7 heteroatoms. The summed E-state index contributed by atoms with van der Waals surface area (Å²) in [5, 5.41) is 10.3. The Kier molecular flexibility index (Phi) is 5.47. The predicted octanol–water partition coefficient (Wildman–Crippen LogP) is 3.61. The summed E-state index contributed by atoms with van der Waals surface area (Å²) in [5.41, 5.74) is -1.16. The van der Waals surface area contributed by atoms with Gasteiger partial charge >= 0.3 is 6.18 Å². The van der Waals surface area contributed by atoms with Gasteiger partial charge in [-0.15, -0.1) is 0 Å². The van der Waals surface area contributed by atoms with E-state index in [1.54, 1.807) is 18.2 Å². The standard InChI is InChI=1S/C21H20F3NO3/c1-3-25(4-2)12-15-16(26)11-10-14-18(27)17(13-8-6-5-7-9-13)20(21(22,23)24)28-19(14)15/h5-11,26H,3-4,12H2,1-2H3/p+1. The van der Waals surface area contributed by atoms with Crippen LogP contribution in [-0.4, -0.2) is 18.2 Å². The van der Waals surface area contributed by atoms with Gasteiger partial charge in [-0.3, -0.25) is 4.79 Å². The van der Waals surface area contributed by atoms with E-state index >= 15 is 0 Å². The number of hydrogen-bond acceptors (Lipinski definition) is 3. The van der Waals surface area contributed by atoms with Gasteiger partial charge in [-0.1, -0.05) is 30.3 Å². The summed E-state index contributed by atoms with van der Waals surface area (Å²) in [6.45, 7) is 5.55. The molecule has 4 nitrogen and oxygen atoms in total. The summed E-state index contributed by atoms with van der Waals surface area (Å²) >= 11 is 0. The van der Waals surface area contributed by atoms with Crippen molar-refractivity contribution in [2.24, 2.45) is 0 Å². The Morgan fingerprint density at radius 3 is 2.25 bits per heavy atom. The van der Waals surface area contributed by atoms with Gasteiger partial charge in [-0.2, -0.15) is 13.2 Å². The lowest BCUT2D eigenvalue weighted by atomic mass is 10.00. The average Bonchev–Trinajstić information content (AvgIpc) is 2.67. The van der Waals surface area contributed by atoms with E-state index in [1.165, 1.54) is 24.3 Å². The maximum absolute atomic E-state index is 13.8. The van der Waals surface area contributed by atoms with E-state index in [-0.39, 0.29) is 34.4 Å². The minimum absolute atomic E-state index is 0.0196. The number of phenolic OH excluding ortho intramolecular Hbond substituents is 1. The van der Waals surface area contributed by atoms with Crippen LogP contribution in [0.3, 0.4) is 0 Å². The fraction of sp³-hybridized carbons (Fsp3) is 0.286. The second-order valence-electron chi connectivity index (χ2n) is 6.57. The van der Waals surface area contributed by atoms with Crippen LogP contribution in [0.2, 0.25) is 0 Å². The number of nitrogens with one attached hydrogen (secondary N) is 1. The molecule has 1 aromatic heterocycles. The van der Waals surface area contributed by atoms with Gasteiger partial charge in [0, 0.05) is 0 Å². The van der Waals surface area contributed by atoms with Crippen molar-refractivity contribution in [1.82, 2.24) is 0 Å². The van der Waals surface area contributed by atoms with Crippen molar-refractivity contribution in [3.63, 3.8) is 0 Å². The van der Waals surface area contributed by atoms with E-state index in [1.807, 2.05) is 13.8 Å². The van der Waals surface area contributed by atoms with Crippen molar-refractivity contribution in [2.75, 3.05) is 13.1 Å². The number of aromatic hydroxyl groups is 1. The lowest BCUT2D eigenvalue weighted by Gasteiger charge is -2.18. The number of halogens is 3. The van der Waals surface area contributed by atoms with Crippen LogP contribution in [0, 0.1) is 0 Å². The molecular formula is C21H21F3NO3+. The van der Waals surface area contributed by atoms with Crippen LogP contribution in [-0.2, 0) is 12.7 Å². The predicted molar refractivity (Wildman–Crippen MR) is 100 cm³/mol. The van der Waals surface area contributed by atoms with Crippen molar-refractivity contribution < 1.29 is 27.6 Å². The molecule has 3 rings (SSSR count). The highest BCUT2D eigenvalue weighted by Gasteiger charge is 2.39. The first-order chi connectivity index (χ1) is 13.3. The molecule has 0 saturated heterocycles. The quantitative estimate of drug-likeness (QED) is 0.698. The van der Waals surface area contributed by atoms with Gasteiger partial charge in [0.1, 0.15) is 12.3 Å². The Labute approximate surface area is 159 Å². The van der Waals surface area contributed by atoms with Gasteiger partial charge in [-0.05, 0) is 31.5 Å². The van der Waals surface area contributed by atoms with Crippen molar-refractivity contribution in [3.8, 4) is 16.9 Å². The molecule has 2 aromatic carbocycles. The fourth-order valence-corrected chi connectivity index (χ4v) is 3.29. The second-order valence-corrected chi connectivity index (χ2v) is 6.57. The fourth-order valence-electron chi connectivity index (χ4n) is 3.29. The van der Waals surface area contributed by atoms with Gasteiger partial charge in [-0.25, -0.2) is 0 Å². The summed E-state index contributed by atoms with van der Waals surface area (Å²) < 4.78 is 46.6. The van der Waals surface area contributed by atoms with Crippen molar-refractivity contribution in [3.05, 3.63) is 64.0 Å². The first-order valence-corrected chi connectivity index (χ1v) is 9.05. The number of fused-ring (bicyclic) bond motifs is 1. The first kappa shape index (κ1) is 19.9. The summed E-state index contributed by atoms with van der Waals surface area (Å²) in [6, 6.07) is 10.3. The summed E-state index contributed by atoms with van der Waals surface area (Å²) in [4.78, 5) is 14.1. The summed E-state index contributed by atoms with van der Waals surface area (Å²) in [7, 11) is 0. The normalized spacial score (nSPS) is 12.1. The molecule has 0 amide bonds. The Bertz CT molecular complexity index is 1040. The zero-order valence-corrected chi connectivity index (χ0v) is 15.6. The van der Waals surface area contributed by atoms with Crippen molar-refractivity contribution in [1.29, 1.82) is 0 Å². The molecule has 3 aromatic rings. The van der Waals surface area contributed by atoms with E-state index in [0.717, 1.165) is 4.90 Å². The number of rotatable bonds is 5. The summed E-state index contributed by atoms with van der Waals surface area (Å²) in [5.74, 6) is -1.53. The molecule has 148 valence electrons. The molecule has 0 saturated carbocycles. The van der Waals surface area contributed by atoms with Crippen LogP contribution in [0.15, 0.2) is 51.7 Å². The second kappa shape index (κ2) is 7.67. The van der Waals surface area contributed by atoms with Crippen LogP contribution in [0.5, 0.6) is 5.75 Å². The van der Waals surface area contributed by atoms with E-state index in [9.17, 15) is 23.1 Å². The SMILES string of the molecule is CC[NH+](CC)Cc1c(O)ccc2c(=O)c(-c3ccccc3)c(C(F)(F)F)oc12. The van der Waals surface area contributed by atoms with Gasteiger partial charge in [0.25, 0.3) is 0 Å². The number of alkyl halides is 3. The average molecular weight is 392 g/mol. The van der Waals surface area contributed by atoms with Gasteiger partial charge in [0.2, 0.25) is 11.2 Å². The lowest BCUT2D eigenvalue weighted by Crippen LogP contribution is -3.10. The van der Waals surface area contributed by atoms with Crippen molar-refractivity contribution in [2.45, 2.75) is 26.6 Å². The molecule has 0 aliphatic carbocycles. The molecule has 0 radical (unpaired) electrons. The maximum atomic E-state index is 13.8. The minimum Gasteiger partial charge on any atom is -0.507 e. The molecule has 0 aliphatic rings. The summed E-state index contributed by atoms with van der Waals surface area (Å²) in [6.07, 6.45) is -4.86. The zero-order valence-electron chi connectivity index (χ0n) is 15.6. The highest BCUT2D eigenvalue weighted by atomic mass is 19.4. The maximum Gasteiger partial charge on any atom is 0.450 e. The van der Waals surface area contributed by atoms with Gasteiger partial charge in [0.05, 0.1) is 29.6 Å². The Morgan fingerprint density at radius 1 is 1.04 bits per heavy atom. The number of benzene rings is 2. The van der Waals surface area contributed by atoms with E-state index < -0.39 is 22.9 Å². The third-order valence-electron chi connectivity index (χ3n) is 4.89. The van der Waals surface area contributed by atoms with Crippen molar-refractivity contribution >= 4 is 11.0 Å². The van der Waals surface area contributed by atoms with Crippen LogP contribution in [0.1, 0.15) is 25.2 Å². The molecule has 0 aliphatic heterocycles. The van der Waals surface area contributed by atoms with Gasteiger partial charge < -0.3 is 14.4 Å². The lowest BCUT2D eigenvalue weighted by molar-refractivity contribution is -0.910. The number of phenols is 1. The molecule has 1 heterocycles. The monoisotopic (exact) mass is 392 g/mol. The molecule has 0 unspecified atom stereocenters. The minimum atomic E-state index is -4.86. The number of hydrogen-bond donors (Lipinski definition) is 2. The topological polar surface area (TPSA) is 54.9 Å². The molecule has 0 fully saturated rings. The molecular weight excluding hydrogens is 371 g/mol. The highest BCUT2D eigenvalue weighted by molar-refractivity contribution is 5.86. The molecule has 0 bridgehead atoms. The molecule has 2 N–H and O–H groups in total. The molecule has 0 atom stereocenters. The van der Waals surface area contributed by atoms with E-state index in [0.29, 0.717) is 13.1 Å². The first-order valence-electron chi connectivity index (χ1n) is 9.05. The Hall–Kier alpha value is -2.80.